The molecule has 19 heavy (non-hydrogen) atoms. The van der Waals surface area contributed by atoms with Gasteiger partial charge >= 0.3 is 0 Å². The Morgan fingerprint density at radius 2 is 2.05 bits per heavy atom. The van der Waals surface area contributed by atoms with Crippen LogP contribution >= 0.6 is 12.4 Å². The first-order chi connectivity index (χ1) is 8.74. The first-order valence-electron chi connectivity index (χ1n) is 6.17. The Bertz CT molecular complexity index is 508. The second kappa shape index (κ2) is 7.25. The molecule has 1 N–H and O–H groups in total. The highest BCUT2D eigenvalue weighted by molar-refractivity contribution is 5.85. The van der Waals surface area contributed by atoms with Gasteiger partial charge in [0.25, 0.3) is 0 Å². The van der Waals surface area contributed by atoms with E-state index in [0.717, 1.165) is 12.2 Å². The number of halogens is 2. The Balaban J connectivity index is 0.00000180. The first-order valence-corrected chi connectivity index (χ1v) is 6.17. The van der Waals surface area contributed by atoms with Crippen molar-refractivity contribution in [3.05, 3.63) is 35.7 Å². The van der Waals surface area contributed by atoms with Gasteiger partial charge in [0, 0.05) is 37.9 Å². The second-order valence-electron chi connectivity index (χ2n) is 4.04. The zero-order valence-corrected chi connectivity index (χ0v) is 12.0. The molecule has 2 aromatic rings. The van der Waals surface area contributed by atoms with Crippen molar-refractivity contribution in [1.29, 1.82) is 0 Å². The molecule has 5 nitrogen and oxygen atoms in total. The average molecular weight is 288 g/mol. The molecule has 0 spiro atoms. The largest absolute Gasteiger partial charge is 0.307 e. The summed E-state index contributed by atoms with van der Waals surface area (Å²) in [5.74, 6) is -0.260. The third-order valence-corrected chi connectivity index (χ3v) is 2.79. The van der Waals surface area contributed by atoms with Crippen molar-refractivity contribution >= 4 is 12.4 Å². The lowest BCUT2D eigenvalue weighted by molar-refractivity contribution is 0.460. The van der Waals surface area contributed by atoms with Gasteiger partial charge in [0.15, 0.2) is 0 Å². The summed E-state index contributed by atoms with van der Waals surface area (Å²) < 4.78 is 16.9. The standard InChI is InChI=1S/C12H18FN5.ClH/c1-3-17-6-5-11(16-17)9-14-7-10-8-15-18(4-2)12(10)13;/h5-6,8,14H,3-4,7,9H2,1-2H3;1H. The van der Waals surface area contributed by atoms with Crippen LogP contribution in [-0.4, -0.2) is 19.6 Å². The van der Waals surface area contributed by atoms with E-state index in [2.05, 4.69) is 15.5 Å². The van der Waals surface area contributed by atoms with Crippen LogP contribution in [0.5, 0.6) is 0 Å². The summed E-state index contributed by atoms with van der Waals surface area (Å²) in [5, 5.41) is 11.5. The predicted octanol–water partition coefficient (Wildman–Crippen LogP) is 1.97. The second-order valence-corrected chi connectivity index (χ2v) is 4.04. The smallest absolute Gasteiger partial charge is 0.215 e. The van der Waals surface area contributed by atoms with E-state index in [4.69, 9.17) is 0 Å². The van der Waals surface area contributed by atoms with E-state index in [9.17, 15) is 4.39 Å². The zero-order chi connectivity index (χ0) is 13.0. The van der Waals surface area contributed by atoms with Crippen LogP contribution in [0, 0.1) is 5.95 Å². The summed E-state index contributed by atoms with van der Waals surface area (Å²) >= 11 is 0. The number of aromatic nitrogens is 4. The molecule has 0 aliphatic heterocycles. The van der Waals surface area contributed by atoms with Crippen LogP contribution in [0.2, 0.25) is 0 Å². The van der Waals surface area contributed by atoms with Gasteiger partial charge in [0.05, 0.1) is 11.9 Å². The molecule has 0 saturated carbocycles. The summed E-state index contributed by atoms with van der Waals surface area (Å²) in [6.07, 6.45) is 3.50. The van der Waals surface area contributed by atoms with E-state index in [1.165, 1.54) is 4.68 Å². The molecular weight excluding hydrogens is 269 g/mol. The summed E-state index contributed by atoms with van der Waals surface area (Å²) in [7, 11) is 0. The van der Waals surface area contributed by atoms with Crippen LogP contribution in [-0.2, 0) is 26.2 Å². The molecule has 2 heterocycles. The van der Waals surface area contributed by atoms with E-state index < -0.39 is 0 Å². The van der Waals surface area contributed by atoms with E-state index in [1.54, 1.807) is 6.20 Å². The van der Waals surface area contributed by atoms with Crippen molar-refractivity contribution < 1.29 is 4.39 Å². The molecule has 106 valence electrons. The number of nitrogens with zero attached hydrogens (tertiary/aromatic N) is 4. The summed E-state index contributed by atoms with van der Waals surface area (Å²) in [5.41, 5.74) is 1.55. The third kappa shape index (κ3) is 3.78. The van der Waals surface area contributed by atoms with Crippen molar-refractivity contribution in [2.75, 3.05) is 0 Å². The Hall–Kier alpha value is -1.40. The van der Waals surface area contributed by atoms with Gasteiger partial charge in [0.2, 0.25) is 5.95 Å². The predicted molar refractivity (Wildman–Crippen MR) is 73.6 cm³/mol. The zero-order valence-electron chi connectivity index (χ0n) is 11.1. The van der Waals surface area contributed by atoms with Crippen molar-refractivity contribution in [3.63, 3.8) is 0 Å². The first kappa shape index (κ1) is 15.7. The molecule has 2 aromatic heterocycles. The van der Waals surface area contributed by atoms with Crippen LogP contribution < -0.4 is 5.32 Å². The summed E-state index contributed by atoms with van der Waals surface area (Å²) in [6.45, 7) is 6.41. The van der Waals surface area contributed by atoms with Crippen LogP contribution in [0.3, 0.4) is 0 Å². The molecule has 0 atom stereocenters. The van der Waals surface area contributed by atoms with Gasteiger partial charge in [-0.15, -0.1) is 12.4 Å². The van der Waals surface area contributed by atoms with Crippen molar-refractivity contribution in [2.45, 2.75) is 40.0 Å². The van der Waals surface area contributed by atoms with E-state index in [0.29, 0.717) is 25.2 Å². The fourth-order valence-electron chi connectivity index (χ4n) is 1.75. The third-order valence-electron chi connectivity index (χ3n) is 2.79. The molecule has 7 heteroatoms. The SMILES string of the molecule is CCn1ccc(CNCc2cnn(CC)c2F)n1.Cl. The number of aryl methyl sites for hydroxylation is 2. The Morgan fingerprint density at radius 3 is 2.63 bits per heavy atom. The molecule has 0 unspecified atom stereocenters. The Morgan fingerprint density at radius 1 is 1.26 bits per heavy atom. The average Bonchev–Trinajstić information content (AvgIpc) is 2.97. The maximum atomic E-state index is 13.7. The molecule has 2 rings (SSSR count). The van der Waals surface area contributed by atoms with Gasteiger partial charge in [-0.2, -0.15) is 14.6 Å². The maximum absolute atomic E-state index is 13.7. The van der Waals surface area contributed by atoms with Crippen LogP contribution in [0.15, 0.2) is 18.5 Å². The quantitative estimate of drug-likeness (QED) is 0.884. The molecule has 0 bridgehead atoms. The highest BCUT2D eigenvalue weighted by atomic mass is 35.5. The van der Waals surface area contributed by atoms with Crippen molar-refractivity contribution in [1.82, 2.24) is 24.9 Å². The van der Waals surface area contributed by atoms with E-state index in [1.807, 2.05) is 30.8 Å². The fourth-order valence-corrected chi connectivity index (χ4v) is 1.75. The molecule has 0 amide bonds. The van der Waals surface area contributed by atoms with E-state index in [-0.39, 0.29) is 18.4 Å². The van der Waals surface area contributed by atoms with Crippen LogP contribution in [0.1, 0.15) is 25.1 Å². The summed E-state index contributed by atoms with van der Waals surface area (Å²) in [6, 6.07) is 1.96. The van der Waals surface area contributed by atoms with Crippen LogP contribution in [0.4, 0.5) is 4.39 Å². The Labute approximate surface area is 118 Å². The molecule has 0 aliphatic carbocycles. The molecule has 0 saturated heterocycles. The monoisotopic (exact) mass is 287 g/mol. The fraction of sp³-hybridized carbons (Fsp3) is 0.500. The Kier molecular flexibility index (Phi) is 5.98. The van der Waals surface area contributed by atoms with Crippen molar-refractivity contribution in [3.8, 4) is 0 Å². The van der Waals surface area contributed by atoms with Gasteiger partial charge < -0.3 is 5.32 Å². The highest BCUT2D eigenvalue weighted by Gasteiger charge is 2.08. The lowest BCUT2D eigenvalue weighted by Gasteiger charge is -2.01. The minimum atomic E-state index is -0.260. The van der Waals surface area contributed by atoms with Gasteiger partial charge in [0.1, 0.15) is 0 Å². The van der Waals surface area contributed by atoms with E-state index >= 15 is 0 Å². The molecule has 0 aliphatic rings. The number of rotatable bonds is 6. The number of hydrogen-bond donors (Lipinski definition) is 1. The molecule has 0 radical (unpaired) electrons. The molecular formula is C12H19ClFN5. The normalized spacial score (nSPS) is 10.5. The lowest BCUT2D eigenvalue weighted by Crippen LogP contribution is -2.14. The topological polar surface area (TPSA) is 47.7 Å². The van der Waals surface area contributed by atoms with Gasteiger partial charge in [-0.1, -0.05) is 0 Å². The van der Waals surface area contributed by atoms with Gasteiger partial charge in [-0.25, -0.2) is 4.68 Å². The molecule has 0 fully saturated rings. The summed E-state index contributed by atoms with van der Waals surface area (Å²) in [4.78, 5) is 0. The number of hydrogen-bond acceptors (Lipinski definition) is 3. The van der Waals surface area contributed by atoms with Gasteiger partial charge in [-0.3, -0.25) is 4.68 Å². The minimum Gasteiger partial charge on any atom is -0.307 e. The minimum absolute atomic E-state index is 0. The lowest BCUT2D eigenvalue weighted by atomic mass is 10.3. The molecule has 0 aromatic carbocycles. The highest BCUT2D eigenvalue weighted by Crippen LogP contribution is 2.06. The maximum Gasteiger partial charge on any atom is 0.215 e. The number of nitrogens with one attached hydrogen (secondary N) is 1. The van der Waals surface area contributed by atoms with Crippen molar-refractivity contribution in [2.24, 2.45) is 0 Å². The van der Waals surface area contributed by atoms with Gasteiger partial charge in [-0.05, 0) is 19.9 Å². The van der Waals surface area contributed by atoms with Crippen LogP contribution in [0.25, 0.3) is 0 Å².